The number of carbonyl (C=O) groups excluding carboxylic acids is 1. The van der Waals surface area contributed by atoms with E-state index in [-0.39, 0.29) is 5.97 Å². The monoisotopic (exact) mass is 274 g/mol. The fourth-order valence-electron chi connectivity index (χ4n) is 1.80. The van der Waals surface area contributed by atoms with Crippen molar-refractivity contribution in [1.82, 2.24) is 0 Å². The van der Waals surface area contributed by atoms with E-state index in [1.807, 2.05) is 30.4 Å². The van der Waals surface area contributed by atoms with Crippen LogP contribution in [0.25, 0.3) is 6.08 Å². The minimum Gasteiger partial charge on any atom is -0.463 e. The maximum Gasteiger partial charge on any atom is 0.330 e. The van der Waals surface area contributed by atoms with Gasteiger partial charge in [-0.2, -0.15) is 0 Å². The summed E-state index contributed by atoms with van der Waals surface area (Å²) >= 11 is 0. The molecule has 106 valence electrons. The summed E-state index contributed by atoms with van der Waals surface area (Å²) < 4.78 is 15.4. The zero-order valence-electron chi connectivity index (χ0n) is 11.5. The van der Waals surface area contributed by atoms with Gasteiger partial charge in [-0.25, -0.2) is 4.79 Å². The average Bonchev–Trinajstić information content (AvgIpc) is 2.90. The van der Waals surface area contributed by atoms with Crippen LogP contribution in [0.5, 0.6) is 11.5 Å². The van der Waals surface area contributed by atoms with E-state index in [4.69, 9.17) is 14.2 Å². The molecule has 0 unspecified atom stereocenters. The lowest BCUT2D eigenvalue weighted by molar-refractivity contribution is -0.137. The number of allylic oxidation sites excluding steroid dienone is 2. The van der Waals surface area contributed by atoms with Crippen LogP contribution in [0, 0.1) is 0 Å². The Morgan fingerprint density at radius 3 is 2.90 bits per heavy atom. The zero-order chi connectivity index (χ0) is 14.2. The van der Waals surface area contributed by atoms with E-state index in [1.165, 1.54) is 6.08 Å². The molecular formula is C16H18O4. The Morgan fingerprint density at radius 2 is 2.05 bits per heavy atom. The van der Waals surface area contributed by atoms with Gasteiger partial charge in [0.05, 0.1) is 6.61 Å². The highest BCUT2D eigenvalue weighted by molar-refractivity contribution is 5.81. The normalized spacial score (nSPS) is 13.2. The van der Waals surface area contributed by atoms with Crippen molar-refractivity contribution < 1.29 is 19.0 Å². The highest BCUT2D eigenvalue weighted by atomic mass is 16.7. The molecule has 0 fully saturated rings. The average molecular weight is 274 g/mol. The van der Waals surface area contributed by atoms with E-state index in [0.29, 0.717) is 13.4 Å². The fourth-order valence-corrected chi connectivity index (χ4v) is 1.80. The van der Waals surface area contributed by atoms with Crippen LogP contribution in [0.4, 0.5) is 0 Å². The first-order valence-corrected chi connectivity index (χ1v) is 6.69. The number of benzene rings is 1. The molecule has 4 nitrogen and oxygen atoms in total. The molecule has 1 heterocycles. The number of rotatable bonds is 6. The molecule has 0 spiro atoms. The third kappa shape index (κ3) is 4.16. The van der Waals surface area contributed by atoms with Crippen LogP contribution < -0.4 is 9.47 Å². The molecular weight excluding hydrogens is 256 g/mol. The molecule has 0 N–H and O–H groups in total. The van der Waals surface area contributed by atoms with Gasteiger partial charge in [0.25, 0.3) is 0 Å². The summed E-state index contributed by atoms with van der Waals surface area (Å²) in [6.45, 7) is 2.49. The predicted molar refractivity (Wildman–Crippen MR) is 76.6 cm³/mol. The van der Waals surface area contributed by atoms with Crippen molar-refractivity contribution in [2.75, 3.05) is 13.4 Å². The van der Waals surface area contributed by atoms with Crippen LogP contribution in [0.15, 0.2) is 36.4 Å². The van der Waals surface area contributed by atoms with Gasteiger partial charge in [0.1, 0.15) is 0 Å². The molecule has 2 rings (SSSR count). The Kier molecular flexibility index (Phi) is 5.24. The number of hydrogen-bond donors (Lipinski definition) is 0. The number of unbranched alkanes of at least 4 members (excludes halogenated alkanes) is 1. The van der Waals surface area contributed by atoms with E-state index in [9.17, 15) is 4.79 Å². The summed E-state index contributed by atoms with van der Waals surface area (Å²) in [5, 5.41) is 0. The Bertz CT molecular complexity index is 517. The lowest BCUT2D eigenvalue weighted by atomic mass is 10.1. The molecule has 0 aromatic heterocycles. The van der Waals surface area contributed by atoms with Gasteiger partial charge in [-0.1, -0.05) is 24.3 Å². The third-order valence-electron chi connectivity index (χ3n) is 2.75. The van der Waals surface area contributed by atoms with Crippen molar-refractivity contribution in [1.29, 1.82) is 0 Å². The van der Waals surface area contributed by atoms with Crippen LogP contribution in [0.2, 0.25) is 0 Å². The molecule has 4 heteroatoms. The van der Waals surface area contributed by atoms with Gasteiger partial charge < -0.3 is 14.2 Å². The first-order valence-electron chi connectivity index (χ1n) is 6.69. The lowest BCUT2D eigenvalue weighted by Gasteiger charge is -1.97. The van der Waals surface area contributed by atoms with Gasteiger partial charge in [-0.15, -0.1) is 0 Å². The van der Waals surface area contributed by atoms with Gasteiger partial charge in [0.15, 0.2) is 11.5 Å². The molecule has 0 saturated heterocycles. The predicted octanol–water partition coefficient (Wildman–Crippen LogP) is 3.33. The second-order valence-corrected chi connectivity index (χ2v) is 4.25. The number of esters is 1. The second-order valence-electron chi connectivity index (χ2n) is 4.25. The van der Waals surface area contributed by atoms with Crippen LogP contribution in [0.3, 0.4) is 0 Å². The van der Waals surface area contributed by atoms with Gasteiger partial charge in [0, 0.05) is 6.08 Å². The summed E-state index contributed by atoms with van der Waals surface area (Å²) in [7, 11) is 0. The van der Waals surface area contributed by atoms with Crippen molar-refractivity contribution in [2.24, 2.45) is 0 Å². The molecule has 1 aliphatic heterocycles. The Hall–Kier alpha value is -2.23. The summed E-state index contributed by atoms with van der Waals surface area (Å²) in [5.74, 6) is 1.29. The van der Waals surface area contributed by atoms with Gasteiger partial charge >= 0.3 is 5.97 Å². The number of hydrogen-bond acceptors (Lipinski definition) is 4. The number of ether oxygens (including phenoxy) is 3. The Balaban J connectivity index is 1.75. The fraction of sp³-hybridized carbons (Fsp3) is 0.312. The van der Waals surface area contributed by atoms with Crippen molar-refractivity contribution in [2.45, 2.75) is 19.8 Å². The summed E-state index contributed by atoms with van der Waals surface area (Å²) in [6, 6.07) is 5.84. The molecule has 0 amide bonds. The minimum absolute atomic E-state index is 0.285. The van der Waals surface area contributed by atoms with Crippen LogP contribution in [-0.2, 0) is 9.53 Å². The number of carbonyl (C=O) groups is 1. The van der Waals surface area contributed by atoms with Crippen molar-refractivity contribution in [3.8, 4) is 11.5 Å². The van der Waals surface area contributed by atoms with Crippen molar-refractivity contribution in [3.63, 3.8) is 0 Å². The Labute approximate surface area is 118 Å². The standard InChI is InChI=1S/C16H18O4/c1-2-18-16(17)8-6-4-3-5-7-13-9-10-14-15(11-13)20-12-19-14/h5-11H,2-4,12H2,1H3. The van der Waals surface area contributed by atoms with Crippen LogP contribution in [0.1, 0.15) is 25.3 Å². The van der Waals surface area contributed by atoms with E-state index in [0.717, 1.165) is 29.9 Å². The van der Waals surface area contributed by atoms with E-state index >= 15 is 0 Å². The molecule has 0 aliphatic carbocycles. The third-order valence-corrected chi connectivity index (χ3v) is 2.75. The van der Waals surface area contributed by atoms with Crippen LogP contribution in [-0.4, -0.2) is 19.4 Å². The number of fused-ring (bicyclic) bond motifs is 1. The second kappa shape index (κ2) is 7.38. The lowest BCUT2D eigenvalue weighted by Crippen LogP contribution is -1.98. The van der Waals surface area contributed by atoms with E-state index in [1.54, 1.807) is 6.92 Å². The first kappa shape index (κ1) is 14.2. The molecule has 1 aromatic carbocycles. The van der Waals surface area contributed by atoms with Gasteiger partial charge in [-0.05, 0) is 37.5 Å². The largest absolute Gasteiger partial charge is 0.463 e. The minimum atomic E-state index is -0.285. The first-order chi connectivity index (χ1) is 9.79. The van der Waals surface area contributed by atoms with Crippen molar-refractivity contribution in [3.05, 3.63) is 42.0 Å². The summed E-state index contributed by atoms with van der Waals surface area (Å²) in [6.07, 6.45) is 9.05. The van der Waals surface area contributed by atoms with Gasteiger partial charge in [-0.3, -0.25) is 0 Å². The molecule has 0 radical (unpaired) electrons. The zero-order valence-corrected chi connectivity index (χ0v) is 11.5. The molecule has 0 saturated carbocycles. The summed E-state index contributed by atoms with van der Waals surface area (Å²) in [5.41, 5.74) is 1.07. The molecule has 20 heavy (non-hydrogen) atoms. The highest BCUT2D eigenvalue weighted by Crippen LogP contribution is 2.32. The van der Waals surface area contributed by atoms with Crippen LogP contribution >= 0.6 is 0 Å². The van der Waals surface area contributed by atoms with Gasteiger partial charge in [0.2, 0.25) is 6.79 Å². The highest BCUT2D eigenvalue weighted by Gasteiger charge is 2.11. The smallest absolute Gasteiger partial charge is 0.330 e. The molecule has 1 aromatic rings. The molecule has 0 atom stereocenters. The Morgan fingerprint density at radius 1 is 1.25 bits per heavy atom. The topological polar surface area (TPSA) is 44.8 Å². The maximum absolute atomic E-state index is 11.1. The summed E-state index contributed by atoms with van der Waals surface area (Å²) in [4.78, 5) is 11.1. The molecule has 0 bridgehead atoms. The van der Waals surface area contributed by atoms with Crippen molar-refractivity contribution >= 4 is 12.0 Å². The van der Waals surface area contributed by atoms with E-state index < -0.39 is 0 Å². The maximum atomic E-state index is 11.1. The SMILES string of the molecule is CCOC(=O)C=CCCC=Cc1ccc2c(c1)OCO2. The van der Waals surface area contributed by atoms with E-state index in [2.05, 4.69) is 6.08 Å². The quantitative estimate of drug-likeness (QED) is 0.453. The molecule has 1 aliphatic rings.